The number of hydrogen-bond acceptors (Lipinski definition) is 6. The number of nitrogens with one attached hydrogen (secondary N) is 1. The van der Waals surface area contributed by atoms with Crippen molar-refractivity contribution in [1.82, 2.24) is 4.72 Å². The number of nitrogens with two attached hydrogens (primary N) is 1. The average Bonchev–Trinajstić information content (AvgIpc) is 2.61. The van der Waals surface area contributed by atoms with Gasteiger partial charge in [-0.25, -0.2) is 21.6 Å². The first-order valence-corrected chi connectivity index (χ1v) is 9.41. The SMILES string of the molecule is CC1(NS(=O)(=O)c2ccc(C#N)cc2N)CCS(=O)(=O)C1. The second-order valence-corrected chi connectivity index (χ2v) is 9.21. The molecule has 1 aromatic carbocycles. The van der Waals surface area contributed by atoms with Crippen molar-refractivity contribution in [3.05, 3.63) is 23.8 Å². The number of benzene rings is 1. The van der Waals surface area contributed by atoms with Crippen LogP contribution in [0, 0.1) is 11.3 Å². The predicted octanol–water partition coefficient (Wildman–Crippen LogP) is -0.00402. The van der Waals surface area contributed by atoms with Crippen LogP contribution in [-0.4, -0.2) is 33.9 Å². The molecular weight excluding hydrogens is 314 g/mol. The van der Waals surface area contributed by atoms with Crippen molar-refractivity contribution in [3.63, 3.8) is 0 Å². The highest BCUT2D eigenvalue weighted by Crippen LogP contribution is 2.27. The van der Waals surface area contributed by atoms with E-state index in [1.165, 1.54) is 18.2 Å². The van der Waals surface area contributed by atoms with E-state index < -0.39 is 25.4 Å². The monoisotopic (exact) mass is 329 g/mol. The van der Waals surface area contributed by atoms with Crippen LogP contribution in [0.2, 0.25) is 0 Å². The average molecular weight is 329 g/mol. The van der Waals surface area contributed by atoms with E-state index >= 15 is 0 Å². The van der Waals surface area contributed by atoms with E-state index in [1.54, 1.807) is 6.92 Å². The van der Waals surface area contributed by atoms with E-state index in [2.05, 4.69) is 4.72 Å². The minimum Gasteiger partial charge on any atom is -0.398 e. The summed E-state index contributed by atoms with van der Waals surface area (Å²) < 4.78 is 50.2. The van der Waals surface area contributed by atoms with Crippen molar-refractivity contribution >= 4 is 25.5 Å². The van der Waals surface area contributed by atoms with Crippen LogP contribution in [0.15, 0.2) is 23.1 Å². The van der Waals surface area contributed by atoms with Crippen LogP contribution in [0.3, 0.4) is 0 Å². The molecule has 9 heteroatoms. The molecule has 2 rings (SSSR count). The lowest BCUT2D eigenvalue weighted by molar-refractivity contribution is 0.462. The topological polar surface area (TPSA) is 130 Å². The molecule has 0 aliphatic carbocycles. The van der Waals surface area contributed by atoms with Crippen LogP contribution in [0.1, 0.15) is 18.9 Å². The van der Waals surface area contributed by atoms with Gasteiger partial charge in [0.05, 0.1) is 28.8 Å². The van der Waals surface area contributed by atoms with E-state index in [0.29, 0.717) is 0 Å². The molecule has 1 unspecified atom stereocenters. The predicted molar refractivity (Wildman–Crippen MR) is 77.6 cm³/mol. The molecule has 0 bridgehead atoms. The van der Waals surface area contributed by atoms with Crippen molar-refractivity contribution in [1.29, 1.82) is 5.26 Å². The molecule has 0 aromatic heterocycles. The van der Waals surface area contributed by atoms with Gasteiger partial charge < -0.3 is 5.73 Å². The lowest BCUT2D eigenvalue weighted by Crippen LogP contribution is -2.46. The highest BCUT2D eigenvalue weighted by Gasteiger charge is 2.41. The molecule has 0 radical (unpaired) electrons. The number of nitrogen functional groups attached to an aromatic ring is 1. The lowest BCUT2D eigenvalue weighted by Gasteiger charge is -2.24. The molecule has 1 heterocycles. The summed E-state index contributed by atoms with van der Waals surface area (Å²) in [5, 5.41) is 8.75. The molecule has 21 heavy (non-hydrogen) atoms. The Labute approximate surface area is 123 Å². The highest BCUT2D eigenvalue weighted by atomic mass is 32.2. The lowest BCUT2D eigenvalue weighted by atomic mass is 10.0. The van der Waals surface area contributed by atoms with Gasteiger partial charge in [0.1, 0.15) is 4.90 Å². The number of anilines is 1. The van der Waals surface area contributed by atoms with E-state index in [9.17, 15) is 16.8 Å². The Morgan fingerprint density at radius 3 is 2.57 bits per heavy atom. The third-order valence-corrected chi connectivity index (χ3v) is 6.93. The minimum atomic E-state index is -3.96. The molecule has 3 N–H and O–H groups in total. The molecule has 1 aliphatic heterocycles. The Bertz CT molecular complexity index is 825. The van der Waals surface area contributed by atoms with Crippen molar-refractivity contribution < 1.29 is 16.8 Å². The summed E-state index contributed by atoms with van der Waals surface area (Å²) >= 11 is 0. The van der Waals surface area contributed by atoms with Gasteiger partial charge in [0.15, 0.2) is 9.84 Å². The summed E-state index contributed by atoms with van der Waals surface area (Å²) in [6.45, 7) is 1.55. The third-order valence-electron chi connectivity index (χ3n) is 3.31. The molecule has 1 aromatic rings. The van der Waals surface area contributed by atoms with Gasteiger partial charge in [-0.15, -0.1) is 0 Å². The maximum absolute atomic E-state index is 12.4. The minimum absolute atomic E-state index is 0.0468. The summed E-state index contributed by atoms with van der Waals surface area (Å²) in [6, 6.07) is 5.71. The van der Waals surface area contributed by atoms with Crippen LogP contribution in [0.5, 0.6) is 0 Å². The molecule has 0 saturated carbocycles. The van der Waals surface area contributed by atoms with Crippen LogP contribution >= 0.6 is 0 Å². The van der Waals surface area contributed by atoms with Gasteiger partial charge in [-0.2, -0.15) is 5.26 Å². The number of sulfone groups is 1. The first-order valence-electron chi connectivity index (χ1n) is 6.11. The molecule has 7 nitrogen and oxygen atoms in total. The van der Waals surface area contributed by atoms with E-state index in [1.807, 2.05) is 6.07 Å². The van der Waals surface area contributed by atoms with Crippen LogP contribution in [0.4, 0.5) is 5.69 Å². The number of rotatable bonds is 3. The van der Waals surface area contributed by atoms with Gasteiger partial charge in [-0.1, -0.05) is 0 Å². The fraction of sp³-hybridized carbons (Fsp3) is 0.417. The summed E-state index contributed by atoms with van der Waals surface area (Å²) in [4.78, 5) is -0.160. The normalized spacial score (nSPS) is 24.6. The van der Waals surface area contributed by atoms with Crippen molar-refractivity contribution in [3.8, 4) is 6.07 Å². The number of nitrogens with zero attached hydrogens (tertiary/aromatic N) is 1. The highest BCUT2D eigenvalue weighted by molar-refractivity contribution is 7.92. The van der Waals surface area contributed by atoms with Gasteiger partial charge >= 0.3 is 0 Å². The van der Waals surface area contributed by atoms with E-state index in [-0.39, 0.29) is 34.1 Å². The fourth-order valence-electron chi connectivity index (χ4n) is 2.33. The summed E-state index contributed by atoms with van der Waals surface area (Å²) in [6.07, 6.45) is 0.213. The van der Waals surface area contributed by atoms with Crippen LogP contribution in [-0.2, 0) is 19.9 Å². The summed E-state index contributed by atoms with van der Waals surface area (Å²) in [7, 11) is -7.19. The number of sulfonamides is 1. The second-order valence-electron chi connectivity index (χ2n) is 5.37. The standard InChI is InChI=1S/C12H15N3O4S2/c1-12(4-5-20(16,17)8-12)15-21(18,19)11-3-2-9(7-13)6-10(11)14/h2-3,6,15H,4-5,8,14H2,1H3. The first kappa shape index (κ1) is 15.8. The zero-order chi connectivity index (χ0) is 15.9. The van der Waals surface area contributed by atoms with Crippen LogP contribution < -0.4 is 10.5 Å². The molecule has 1 atom stereocenters. The van der Waals surface area contributed by atoms with Gasteiger partial charge in [-0.3, -0.25) is 0 Å². The zero-order valence-corrected chi connectivity index (χ0v) is 13.0. The molecule has 1 saturated heterocycles. The molecule has 1 fully saturated rings. The molecule has 1 aliphatic rings. The Morgan fingerprint density at radius 1 is 1.43 bits per heavy atom. The molecular formula is C12H15N3O4S2. The number of hydrogen-bond donors (Lipinski definition) is 2. The summed E-state index contributed by atoms with van der Waals surface area (Å²) in [5.74, 6) is -0.287. The van der Waals surface area contributed by atoms with Gasteiger partial charge in [-0.05, 0) is 31.5 Å². The molecule has 114 valence electrons. The van der Waals surface area contributed by atoms with E-state index in [4.69, 9.17) is 11.0 Å². The maximum Gasteiger partial charge on any atom is 0.243 e. The smallest absolute Gasteiger partial charge is 0.243 e. The van der Waals surface area contributed by atoms with Gasteiger partial charge in [0.25, 0.3) is 0 Å². The Morgan fingerprint density at radius 2 is 2.10 bits per heavy atom. The largest absolute Gasteiger partial charge is 0.398 e. The van der Waals surface area contributed by atoms with Gasteiger partial charge in [0, 0.05) is 5.54 Å². The van der Waals surface area contributed by atoms with Crippen molar-refractivity contribution in [2.75, 3.05) is 17.2 Å². The Balaban J connectivity index is 2.34. The van der Waals surface area contributed by atoms with Crippen molar-refractivity contribution in [2.45, 2.75) is 23.8 Å². The molecule has 0 amide bonds. The first-order chi connectivity index (χ1) is 9.57. The van der Waals surface area contributed by atoms with E-state index in [0.717, 1.165) is 0 Å². The van der Waals surface area contributed by atoms with Crippen molar-refractivity contribution in [2.24, 2.45) is 0 Å². The molecule has 0 spiro atoms. The van der Waals surface area contributed by atoms with Crippen LogP contribution in [0.25, 0.3) is 0 Å². The second kappa shape index (κ2) is 4.98. The third kappa shape index (κ3) is 3.34. The zero-order valence-electron chi connectivity index (χ0n) is 11.3. The summed E-state index contributed by atoms with van der Waals surface area (Å²) in [5.41, 5.74) is 4.82. The Kier molecular flexibility index (Phi) is 3.73. The Hall–Kier alpha value is -1.63. The fourth-order valence-corrected chi connectivity index (χ4v) is 6.07. The maximum atomic E-state index is 12.4. The number of nitriles is 1. The quantitative estimate of drug-likeness (QED) is 0.750. The van der Waals surface area contributed by atoms with Gasteiger partial charge in [0.2, 0.25) is 10.0 Å².